The van der Waals surface area contributed by atoms with Crippen LogP contribution >= 0.6 is 23.2 Å². The highest BCUT2D eigenvalue weighted by Gasteiger charge is 2.21. The SMILES string of the molecule is CCOC(=O)CN=NC(c1ccccc1Cl)c1cc(Cl)ccc1NCC(C)(C)C. The van der Waals surface area contributed by atoms with Gasteiger partial charge in [-0.3, -0.25) is 0 Å². The molecule has 0 aromatic heterocycles. The van der Waals surface area contributed by atoms with Crippen molar-refractivity contribution in [3.8, 4) is 0 Å². The van der Waals surface area contributed by atoms with Gasteiger partial charge in [-0.1, -0.05) is 62.2 Å². The lowest BCUT2D eigenvalue weighted by molar-refractivity contribution is -0.141. The topological polar surface area (TPSA) is 63.0 Å². The number of halogens is 2. The second-order valence-corrected chi connectivity index (χ2v) is 8.63. The van der Waals surface area contributed by atoms with E-state index in [9.17, 15) is 4.79 Å². The molecule has 5 nitrogen and oxygen atoms in total. The number of esters is 1. The fraction of sp³-hybridized carbons (Fsp3) is 0.409. The number of nitrogens with one attached hydrogen (secondary N) is 1. The third-order valence-corrected chi connectivity index (χ3v) is 4.60. The predicted octanol–water partition coefficient (Wildman–Crippen LogP) is 6.56. The van der Waals surface area contributed by atoms with Gasteiger partial charge in [-0.15, -0.1) is 0 Å². The first-order chi connectivity index (χ1) is 13.7. The summed E-state index contributed by atoms with van der Waals surface area (Å²) >= 11 is 12.8. The van der Waals surface area contributed by atoms with Crippen LogP contribution in [0.15, 0.2) is 52.7 Å². The number of hydrogen-bond donors (Lipinski definition) is 1. The second kappa shape index (κ2) is 10.6. The first kappa shape index (κ1) is 23.2. The number of anilines is 1. The molecule has 0 aliphatic rings. The number of carbonyl (C=O) groups is 1. The number of azo groups is 1. The summed E-state index contributed by atoms with van der Waals surface area (Å²) in [6.07, 6.45) is 0. The van der Waals surface area contributed by atoms with Crippen molar-refractivity contribution < 1.29 is 9.53 Å². The summed E-state index contributed by atoms with van der Waals surface area (Å²) in [4.78, 5) is 11.7. The fourth-order valence-electron chi connectivity index (χ4n) is 2.66. The van der Waals surface area contributed by atoms with E-state index in [0.29, 0.717) is 16.7 Å². The first-order valence-electron chi connectivity index (χ1n) is 9.51. The molecule has 0 saturated carbocycles. The molecule has 1 atom stereocenters. The van der Waals surface area contributed by atoms with E-state index in [1.54, 1.807) is 13.0 Å². The van der Waals surface area contributed by atoms with Gasteiger partial charge in [0.1, 0.15) is 6.04 Å². The molecule has 156 valence electrons. The van der Waals surface area contributed by atoms with Crippen LogP contribution in [0.5, 0.6) is 0 Å². The van der Waals surface area contributed by atoms with Crippen LogP contribution in [0.4, 0.5) is 5.69 Å². The highest BCUT2D eigenvalue weighted by atomic mass is 35.5. The minimum absolute atomic E-state index is 0.0855. The Hall–Kier alpha value is -2.11. The molecule has 0 aliphatic heterocycles. The van der Waals surface area contributed by atoms with Gasteiger partial charge in [0.05, 0.1) is 6.61 Å². The van der Waals surface area contributed by atoms with Crippen molar-refractivity contribution >= 4 is 34.9 Å². The summed E-state index contributed by atoms with van der Waals surface area (Å²) in [6, 6.07) is 12.5. The van der Waals surface area contributed by atoms with E-state index < -0.39 is 12.0 Å². The molecule has 0 radical (unpaired) electrons. The van der Waals surface area contributed by atoms with E-state index in [2.05, 4.69) is 36.3 Å². The van der Waals surface area contributed by atoms with Crippen LogP contribution in [0.2, 0.25) is 10.0 Å². The summed E-state index contributed by atoms with van der Waals surface area (Å²) < 4.78 is 4.93. The predicted molar refractivity (Wildman–Crippen MR) is 119 cm³/mol. The molecule has 2 aromatic rings. The molecular formula is C22H27Cl2N3O2. The molecule has 0 amide bonds. The van der Waals surface area contributed by atoms with E-state index in [1.807, 2.05) is 36.4 Å². The summed E-state index contributed by atoms with van der Waals surface area (Å²) in [5.74, 6) is -0.425. The Morgan fingerprint density at radius 1 is 1.14 bits per heavy atom. The van der Waals surface area contributed by atoms with Gasteiger partial charge >= 0.3 is 5.97 Å². The molecule has 1 N–H and O–H groups in total. The van der Waals surface area contributed by atoms with E-state index in [0.717, 1.165) is 23.4 Å². The van der Waals surface area contributed by atoms with Crippen molar-refractivity contribution in [1.29, 1.82) is 0 Å². The highest BCUT2D eigenvalue weighted by Crippen LogP contribution is 2.37. The summed E-state index contributed by atoms with van der Waals surface area (Å²) in [5, 5.41) is 13.1. The molecule has 29 heavy (non-hydrogen) atoms. The lowest BCUT2D eigenvalue weighted by Crippen LogP contribution is -2.20. The van der Waals surface area contributed by atoms with E-state index >= 15 is 0 Å². The Morgan fingerprint density at radius 3 is 2.52 bits per heavy atom. The number of benzene rings is 2. The van der Waals surface area contributed by atoms with Gasteiger partial charge in [-0.2, -0.15) is 10.2 Å². The summed E-state index contributed by atoms with van der Waals surface area (Å²) in [5.41, 5.74) is 2.59. The molecule has 0 bridgehead atoms. The van der Waals surface area contributed by atoms with Crippen LogP contribution in [0, 0.1) is 5.41 Å². The van der Waals surface area contributed by atoms with E-state index in [4.69, 9.17) is 27.9 Å². The van der Waals surface area contributed by atoms with Crippen LogP contribution < -0.4 is 5.32 Å². The van der Waals surface area contributed by atoms with Gasteiger partial charge in [-0.05, 0) is 36.6 Å². The Balaban J connectivity index is 2.45. The molecule has 0 fully saturated rings. The lowest BCUT2D eigenvalue weighted by atomic mass is 9.95. The van der Waals surface area contributed by atoms with Crippen molar-refractivity contribution in [2.75, 3.05) is 25.0 Å². The van der Waals surface area contributed by atoms with Crippen molar-refractivity contribution in [1.82, 2.24) is 0 Å². The van der Waals surface area contributed by atoms with Gasteiger partial charge in [0.2, 0.25) is 0 Å². The maximum absolute atomic E-state index is 11.7. The standard InChI is InChI=1S/C22H27Cl2N3O2/c1-5-29-20(28)13-26-27-21(16-8-6-7-9-18(16)24)17-12-15(23)10-11-19(17)25-14-22(2,3)4/h6-12,21,25H,5,13-14H2,1-4H3. The normalized spacial score (nSPS) is 12.8. The molecule has 0 aliphatic carbocycles. The number of nitrogens with zero attached hydrogens (tertiary/aromatic N) is 2. The second-order valence-electron chi connectivity index (χ2n) is 7.79. The molecule has 7 heteroatoms. The molecular weight excluding hydrogens is 409 g/mol. The summed E-state index contributed by atoms with van der Waals surface area (Å²) in [7, 11) is 0. The zero-order valence-corrected chi connectivity index (χ0v) is 18.7. The third-order valence-electron chi connectivity index (χ3n) is 4.02. The lowest BCUT2D eigenvalue weighted by Gasteiger charge is -2.23. The minimum atomic E-state index is -0.515. The number of hydrogen-bond acceptors (Lipinski definition) is 5. The van der Waals surface area contributed by atoms with Crippen molar-refractivity contribution in [2.45, 2.75) is 33.7 Å². The summed E-state index contributed by atoms with van der Waals surface area (Å²) in [6.45, 7) is 9.12. The third kappa shape index (κ3) is 7.33. The van der Waals surface area contributed by atoms with Crippen molar-refractivity contribution in [2.24, 2.45) is 15.6 Å². The first-order valence-corrected chi connectivity index (χ1v) is 10.3. The number of carbonyl (C=O) groups excluding carboxylic acids is 1. The number of ether oxygens (including phenoxy) is 1. The Kier molecular flexibility index (Phi) is 8.47. The van der Waals surface area contributed by atoms with Crippen molar-refractivity contribution in [3.05, 3.63) is 63.6 Å². The van der Waals surface area contributed by atoms with Gasteiger partial charge in [-0.25, -0.2) is 4.79 Å². The van der Waals surface area contributed by atoms with Gasteiger partial charge in [0.25, 0.3) is 0 Å². The molecule has 0 spiro atoms. The molecule has 1 unspecified atom stereocenters. The van der Waals surface area contributed by atoms with Crippen molar-refractivity contribution in [3.63, 3.8) is 0 Å². The average molecular weight is 436 g/mol. The minimum Gasteiger partial charge on any atom is -0.465 e. The number of rotatable bonds is 8. The monoisotopic (exact) mass is 435 g/mol. The highest BCUT2D eigenvalue weighted by molar-refractivity contribution is 6.31. The van der Waals surface area contributed by atoms with Gasteiger partial charge in [0.15, 0.2) is 6.54 Å². The van der Waals surface area contributed by atoms with Gasteiger partial charge in [0, 0.05) is 33.4 Å². The van der Waals surface area contributed by atoms with Crippen LogP contribution in [0.25, 0.3) is 0 Å². The largest absolute Gasteiger partial charge is 0.465 e. The van der Waals surface area contributed by atoms with Crippen LogP contribution in [-0.4, -0.2) is 25.7 Å². The smallest absolute Gasteiger partial charge is 0.329 e. The van der Waals surface area contributed by atoms with E-state index in [1.165, 1.54) is 0 Å². The average Bonchev–Trinajstić information content (AvgIpc) is 2.65. The Labute approximate surface area is 182 Å². The maximum atomic E-state index is 11.7. The quantitative estimate of drug-likeness (QED) is 0.377. The van der Waals surface area contributed by atoms with Gasteiger partial charge < -0.3 is 10.1 Å². The van der Waals surface area contributed by atoms with Crippen LogP contribution in [0.3, 0.4) is 0 Å². The molecule has 2 aromatic carbocycles. The van der Waals surface area contributed by atoms with E-state index in [-0.39, 0.29) is 12.0 Å². The maximum Gasteiger partial charge on any atom is 0.329 e. The fourth-order valence-corrected chi connectivity index (χ4v) is 3.08. The zero-order chi connectivity index (χ0) is 21.4. The Bertz CT molecular complexity index is 863. The van der Waals surface area contributed by atoms with Crippen LogP contribution in [0.1, 0.15) is 44.9 Å². The molecule has 0 saturated heterocycles. The zero-order valence-electron chi connectivity index (χ0n) is 17.2. The molecule has 2 rings (SSSR count). The van der Waals surface area contributed by atoms with Crippen LogP contribution in [-0.2, 0) is 9.53 Å². The Morgan fingerprint density at radius 2 is 1.86 bits per heavy atom. The molecule has 0 heterocycles.